The molecule has 0 bridgehead atoms. The smallest absolute Gasteiger partial charge is 0.223 e. The van der Waals surface area contributed by atoms with Crippen molar-refractivity contribution in [2.24, 2.45) is 0 Å². The quantitative estimate of drug-likeness (QED) is 0.647. The first-order valence-corrected chi connectivity index (χ1v) is 11.3. The number of rotatable bonds is 6. The Kier molecular flexibility index (Phi) is 6.24. The van der Waals surface area contributed by atoms with Crippen molar-refractivity contribution in [1.82, 2.24) is 14.8 Å². The summed E-state index contributed by atoms with van der Waals surface area (Å²) in [6.07, 6.45) is 3.63. The lowest BCUT2D eigenvalue weighted by Crippen LogP contribution is -2.48. The van der Waals surface area contributed by atoms with E-state index in [1.165, 1.54) is 33.2 Å². The van der Waals surface area contributed by atoms with Crippen LogP contribution in [0.5, 0.6) is 0 Å². The molecule has 1 aliphatic heterocycles. The zero-order valence-corrected chi connectivity index (χ0v) is 18.4. The predicted molar refractivity (Wildman–Crippen MR) is 124 cm³/mol. The maximum absolute atomic E-state index is 13.3. The third-order valence-electron chi connectivity index (χ3n) is 6.59. The molecule has 1 aliphatic rings. The van der Waals surface area contributed by atoms with Crippen LogP contribution in [0.3, 0.4) is 0 Å². The Balaban J connectivity index is 1.67. The molecule has 1 amide bonds. The van der Waals surface area contributed by atoms with Crippen LogP contribution in [-0.2, 0) is 11.2 Å². The number of fused-ring (bicyclic) bond motifs is 1. The molecule has 0 saturated carbocycles. The number of hydrogen-bond acceptors (Lipinski definition) is 2. The molecule has 1 aromatic heterocycles. The number of amides is 1. The summed E-state index contributed by atoms with van der Waals surface area (Å²) >= 11 is 0. The van der Waals surface area contributed by atoms with E-state index in [1.807, 2.05) is 0 Å². The summed E-state index contributed by atoms with van der Waals surface area (Å²) in [5, 5.41) is 1.24. The molecule has 0 radical (unpaired) electrons. The van der Waals surface area contributed by atoms with E-state index in [9.17, 15) is 4.79 Å². The van der Waals surface area contributed by atoms with Gasteiger partial charge in [0.1, 0.15) is 0 Å². The molecular formula is C26H33N3O. The molecule has 1 saturated heterocycles. The standard InChI is InChI=1S/C26H33N3O/c1-4-20-9-7-11-22-24(18-27-26(20)22)23(21-10-6-8-19(3)16-21)17-25(30)29-14-12-28(5-2)13-15-29/h6-11,16,18,23,27H,4-5,12-15,17H2,1-3H3. The van der Waals surface area contributed by atoms with Gasteiger partial charge in [-0.05, 0) is 36.6 Å². The monoisotopic (exact) mass is 403 g/mol. The molecule has 1 atom stereocenters. The summed E-state index contributed by atoms with van der Waals surface area (Å²) in [5.41, 5.74) is 6.21. The van der Waals surface area contributed by atoms with Gasteiger partial charge in [0, 0.05) is 55.6 Å². The molecule has 4 nitrogen and oxygen atoms in total. The molecule has 3 aromatic rings. The van der Waals surface area contributed by atoms with Crippen molar-refractivity contribution >= 4 is 16.8 Å². The molecule has 4 heteroatoms. The molecule has 1 N–H and O–H groups in total. The van der Waals surface area contributed by atoms with Gasteiger partial charge in [-0.25, -0.2) is 0 Å². The van der Waals surface area contributed by atoms with Gasteiger partial charge >= 0.3 is 0 Å². The topological polar surface area (TPSA) is 39.3 Å². The van der Waals surface area contributed by atoms with Crippen LogP contribution in [0.1, 0.15) is 48.4 Å². The number of piperazine rings is 1. The van der Waals surface area contributed by atoms with Gasteiger partial charge in [-0.2, -0.15) is 0 Å². The highest BCUT2D eigenvalue weighted by Gasteiger charge is 2.26. The highest BCUT2D eigenvalue weighted by Crippen LogP contribution is 2.35. The summed E-state index contributed by atoms with van der Waals surface area (Å²) in [6, 6.07) is 15.1. The van der Waals surface area contributed by atoms with Crippen molar-refractivity contribution in [3.05, 3.63) is 70.9 Å². The summed E-state index contributed by atoms with van der Waals surface area (Å²) in [7, 11) is 0. The van der Waals surface area contributed by atoms with Crippen LogP contribution >= 0.6 is 0 Å². The Morgan fingerprint density at radius 2 is 1.83 bits per heavy atom. The Morgan fingerprint density at radius 1 is 1.07 bits per heavy atom. The average molecular weight is 404 g/mol. The van der Waals surface area contributed by atoms with E-state index in [0.29, 0.717) is 6.42 Å². The van der Waals surface area contributed by atoms with Crippen LogP contribution in [0, 0.1) is 6.92 Å². The zero-order valence-electron chi connectivity index (χ0n) is 18.4. The Bertz CT molecular complexity index is 1010. The van der Waals surface area contributed by atoms with Gasteiger partial charge in [-0.3, -0.25) is 4.79 Å². The number of likely N-dealkylation sites (N-methyl/N-ethyl adjacent to an activating group) is 1. The minimum Gasteiger partial charge on any atom is -0.361 e. The molecule has 2 heterocycles. The van der Waals surface area contributed by atoms with Crippen molar-refractivity contribution in [3.63, 3.8) is 0 Å². The first-order chi connectivity index (χ1) is 14.6. The van der Waals surface area contributed by atoms with E-state index in [-0.39, 0.29) is 11.8 Å². The van der Waals surface area contributed by atoms with Crippen LogP contribution < -0.4 is 0 Å². The number of nitrogens with zero attached hydrogens (tertiary/aromatic N) is 2. The largest absolute Gasteiger partial charge is 0.361 e. The van der Waals surface area contributed by atoms with Crippen LogP contribution in [0.25, 0.3) is 10.9 Å². The van der Waals surface area contributed by atoms with Crippen LogP contribution in [0.2, 0.25) is 0 Å². The van der Waals surface area contributed by atoms with E-state index in [1.54, 1.807) is 0 Å². The van der Waals surface area contributed by atoms with Crippen LogP contribution in [0.15, 0.2) is 48.7 Å². The number of aromatic nitrogens is 1. The first-order valence-electron chi connectivity index (χ1n) is 11.3. The van der Waals surface area contributed by atoms with Crippen LogP contribution in [0.4, 0.5) is 0 Å². The normalized spacial score (nSPS) is 16.2. The number of H-pyrrole nitrogens is 1. The lowest BCUT2D eigenvalue weighted by Gasteiger charge is -2.35. The number of aromatic amines is 1. The maximum Gasteiger partial charge on any atom is 0.223 e. The van der Waals surface area contributed by atoms with E-state index in [0.717, 1.165) is 39.1 Å². The van der Waals surface area contributed by atoms with Crippen molar-refractivity contribution < 1.29 is 4.79 Å². The van der Waals surface area contributed by atoms with E-state index in [4.69, 9.17) is 0 Å². The molecule has 1 unspecified atom stereocenters. The molecular weight excluding hydrogens is 370 g/mol. The predicted octanol–water partition coefficient (Wildman–Crippen LogP) is 4.72. The zero-order chi connectivity index (χ0) is 21.1. The summed E-state index contributed by atoms with van der Waals surface area (Å²) < 4.78 is 0. The number of hydrogen-bond donors (Lipinski definition) is 1. The van der Waals surface area contributed by atoms with Gasteiger partial charge in [0.25, 0.3) is 0 Å². The number of aryl methyl sites for hydroxylation is 2. The van der Waals surface area contributed by atoms with Gasteiger partial charge in [-0.1, -0.05) is 61.9 Å². The highest BCUT2D eigenvalue weighted by atomic mass is 16.2. The summed E-state index contributed by atoms with van der Waals surface area (Å²) in [4.78, 5) is 21.3. The van der Waals surface area contributed by atoms with E-state index in [2.05, 4.69) is 84.2 Å². The number of benzene rings is 2. The number of carbonyl (C=O) groups is 1. The van der Waals surface area contributed by atoms with Gasteiger partial charge in [0.05, 0.1) is 0 Å². The SMILES string of the molecule is CCc1cccc2c(C(CC(=O)N3CCN(CC)CC3)c3cccc(C)c3)c[nH]c12. The Labute approximate surface area is 179 Å². The van der Waals surface area contributed by atoms with Crippen molar-refractivity contribution in [2.75, 3.05) is 32.7 Å². The van der Waals surface area contributed by atoms with Crippen molar-refractivity contribution in [3.8, 4) is 0 Å². The lowest BCUT2D eigenvalue weighted by atomic mass is 9.86. The van der Waals surface area contributed by atoms with Gasteiger partial charge in [-0.15, -0.1) is 0 Å². The minimum absolute atomic E-state index is 0.0578. The fourth-order valence-electron chi connectivity index (χ4n) is 4.73. The van der Waals surface area contributed by atoms with Crippen LogP contribution in [-0.4, -0.2) is 53.4 Å². The molecule has 4 rings (SSSR count). The van der Waals surface area contributed by atoms with Gasteiger partial charge in [0.2, 0.25) is 5.91 Å². The van der Waals surface area contributed by atoms with Gasteiger partial charge in [0.15, 0.2) is 0 Å². The Morgan fingerprint density at radius 3 is 2.53 bits per heavy atom. The second-order valence-electron chi connectivity index (χ2n) is 8.42. The molecule has 30 heavy (non-hydrogen) atoms. The molecule has 0 aliphatic carbocycles. The van der Waals surface area contributed by atoms with Crippen molar-refractivity contribution in [1.29, 1.82) is 0 Å². The van der Waals surface area contributed by atoms with E-state index < -0.39 is 0 Å². The summed E-state index contributed by atoms with van der Waals surface area (Å²) in [5.74, 6) is 0.320. The van der Waals surface area contributed by atoms with Gasteiger partial charge < -0.3 is 14.8 Å². The average Bonchev–Trinajstić information content (AvgIpc) is 3.21. The van der Waals surface area contributed by atoms with Crippen molar-refractivity contribution in [2.45, 2.75) is 39.5 Å². The molecule has 158 valence electrons. The second kappa shape index (κ2) is 9.05. The fourth-order valence-corrected chi connectivity index (χ4v) is 4.73. The number of nitrogens with one attached hydrogen (secondary N) is 1. The molecule has 2 aromatic carbocycles. The fraction of sp³-hybridized carbons (Fsp3) is 0.423. The third-order valence-corrected chi connectivity index (χ3v) is 6.59. The highest BCUT2D eigenvalue weighted by molar-refractivity contribution is 5.88. The second-order valence-corrected chi connectivity index (χ2v) is 8.42. The lowest BCUT2D eigenvalue weighted by molar-refractivity contribution is -0.133. The number of para-hydroxylation sites is 1. The van der Waals surface area contributed by atoms with E-state index >= 15 is 0 Å². The maximum atomic E-state index is 13.3. The number of carbonyl (C=O) groups excluding carboxylic acids is 1. The molecule has 0 spiro atoms. The third kappa shape index (κ3) is 4.15. The summed E-state index contributed by atoms with van der Waals surface area (Å²) in [6.45, 7) is 11.2. The molecule has 1 fully saturated rings. The first kappa shape index (κ1) is 20.7. The minimum atomic E-state index is 0.0578. The Hall–Kier alpha value is -2.59.